The van der Waals surface area contributed by atoms with Gasteiger partial charge in [-0.15, -0.1) is 0 Å². The van der Waals surface area contributed by atoms with E-state index in [1.807, 2.05) is 0 Å². The lowest BCUT2D eigenvalue weighted by molar-refractivity contribution is -0.380. The SMILES string of the molecule is COC1CC(C2[OH+]C3CC(O)CC4OC(C(=O)O)CC(C2OC2OC(COC(C)=O)C(O)C(O)C2O)C43)CC(OC)C1O. The Labute approximate surface area is 248 Å². The van der Waals surface area contributed by atoms with Crippen LogP contribution in [0.25, 0.3) is 0 Å². The Bertz CT molecular complexity index is 968. The van der Waals surface area contributed by atoms with Crippen LogP contribution >= 0.6 is 0 Å². The number of esters is 1. The van der Waals surface area contributed by atoms with Gasteiger partial charge in [-0.3, -0.25) is 4.79 Å². The molecule has 0 amide bonds. The van der Waals surface area contributed by atoms with Gasteiger partial charge in [-0.2, -0.15) is 0 Å². The zero-order valence-corrected chi connectivity index (χ0v) is 24.5. The summed E-state index contributed by atoms with van der Waals surface area (Å²) >= 11 is 0. The van der Waals surface area contributed by atoms with Gasteiger partial charge in [0.25, 0.3) is 0 Å². The molecule has 0 aromatic carbocycles. The van der Waals surface area contributed by atoms with E-state index in [0.717, 1.165) is 0 Å². The topological polar surface area (TPSA) is 224 Å². The molecule has 3 aliphatic heterocycles. The van der Waals surface area contributed by atoms with Gasteiger partial charge in [0, 0.05) is 45.8 Å². The first kappa shape index (κ1) is 32.9. The van der Waals surface area contributed by atoms with E-state index >= 15 is 0 Å². The highest BCUT2D eigenvalue weighted by Crippen LogP contribution is 2.50. The van der Waals surface area contributed by atoms with Crippen LogP contribution in [0, 0.1) is 17.8 Å². The molecule has 15 atom stereocenters. The Morgan fingerprint density at radius 3 is 2.14 bits per heavy atom. The van der Waals surface area contributed by atoms with Crippen LogP contribution in [0.2, 0.25) is 0 Å². The number of hydrogen-bond acceptors (Lipinski definition) is 13. The van der Waals surface area contributed by atoms with Crippen LogP contribution in [0.5, 0.6) is 0 Å². The minimum absolute atomic E-state index is 0.0708. The molecule has 0 aromatic heterocycles. The van der Waals surface area contributed by atoms with Crippen molar-refractivity contribution in [3.05, 3.63) is 0 Å². The standard InChI is InChI=1S/C28H44O15/c1-10(29)39-9-19-22(32)23(33)24(34)28(42-19)43-26-13-8-18(27(35)36)40-14-6-12(30)7-15(20(13)14)41-25(26)11-4-16(37-2)21(31)17(5-11)38-3/h11-26,28,30-34H,4-9H2,1-3H3,(H,35,36)/p+1. The largest absolute Gasteiger partial charge is 0.479 e. The van der Waals surface area contributed by atoms with Crippen molar-refractivity contribution in [3.8, 4) is 0 Å². The van der Waals surface area contributed by atoms with Gasteiger partial charge in [-0.05, 0) is 19.3 Å². The van der Waals surface area contributed by atoms with Crippen molar-refractivity contribution in [2.75, 3.05) is 20.8 Å². The minimum atomic E-state index is -1.69. The second kappa shape index (κ2) is 13.5. The van der Waals surface area contributed by atoms with Gasteiger partial charge >= 0.3 is 11.9 Å². The molecule has 15 heteroatoms. The molecule has 0 spiro atoms. The van der Waals surface area contributed by atoms with Crippen molar-refractivity contribution in [2.45, 2.75) is 125 Å². The number of methoxy groups -OCH3 is 2. The van der Waals surface area contributed by atoms with Crippen LogP contribution in [-0.2, 0) is 38.0 Å². The van der Waals surface area contributed by atoms with Crippen LogP contribution < -0.4 is 0 Å². The van der Waals surface area contributed by atoms with Crippen LogP contribution in [0.3, 0.4) is 0 Å². The molecule has 3 heterocycles. The van der Waals surface area contributed by atoms with Gasteiger partial charge in [0.05, 0.1) is 30.3 Å². The van der Waals surface area contributed by atoms with Crippen molar-refractivity contribution < 1.29 is 73.4 Å². The quantitative estimate of drug-likeness (QED) is 0.121. The number of carbonyl (C=O) groups excluding carboxylic acids is 1. The molecular formula is C28H45O15+. The van der Waals surface area contributed by atoms with Gasteiger partial charge in [-0.1, -0.05) is 0 Å². The smallest absolute Gasteiger partial charge is 0.332 e. The maximum absolute atomic E-state index is 12.2. The van der Waals surface area contributed by atoms with Crippen molar-refractivity contribution in [1.82, 2.24) is 0 Å². The molecule has 0 aromatic rings. The second-order valence-corrected chi connectivity index (χ2v) is 12.5. The lowest BCUT2D eigenvalue weighted by Gasteiger charge is -2.55. The highest BCUT2D eigenvalue weighted by Gasteiger charge is 2.62. The highest BCUT2D eigenvalue weighted by molar-refractivity contribution is 5.72. The maximum atomic E-state index is 12.2. The lowest BCUT2D eigenvalue weighted by atomic mass is 9.64. The van der Waals surface area contributed by atoms with Crippen molar-refractivity contribution >= 4 is 11.9 Å². The normalized spacial score (nSPS) is 50.0. The zero-order chi connectivity index (χ0) is 31.2. The van der Waals surface area contributed by atoms with Crippen LogP contribution in [-0.4, -0.2) is 154 Å². The molecule has 246 valence electrons. The first-order valence-corrected chi connectivity index (χ1v) is 14.9. The number of ether oxygens (including phenoxy) is 7. The lowest BCUT2D eigenvalue weighted by Crippen LogP contribution is -2.68. The van der Waals surface area contributed by atoms with E-state index in [4.69, 9.17) is 33.2 Å². The average molecular weight is 622 g/mol. The van der Waals surface area contributed by atoms with Crippen molar-refractivity contribution in [2.24, 2.45) is 17.8 Å². The first-order chi connectivity index (χ1) is 20.4. The van der Waals surface area contributed by atoms with E-state index in [9.17, 15) is 40.2 Å². The van der Waals surface area contributed by atoms with Gasteiger partial charge in [-0.25, -0.2) is 4.79 Å². The number of aliphatic hydroxyl groups is 7. The molecule has 15 nitrogen and oxygen atoms in total. The zero-order valence-electron chi connectivity index (χ0n) is 24.5. The molecule has 2 saturated carbocycles. The fraction of sp³-hybridized carbons (Fsp3) is 0.929. The highest BCUT2D eigenvalue weighted by atomic mass is 16.7. The number of aliphatic carboxylic acids is 1. The Balaban J connectivity index is 1.49. The Morgan fingerprint density at radius 2 is 1.53 bits per heavy atom. The third-order valence-corrected chi connectivity index (χ3v) is 9.94. The molecule has 43 heavy (non-hydrogen) atoms. The molecule has 3 saturated heterocycles. The number of carbonyl (C=O) groups is 2. The van der Waals surface area contributed by atoms with Crippen molar-refractivity contribution in [3.63, 3.8) is 0 Å². The second-order valence-electron chi connectivity index (χ2n) is 12.5. The Hall–Kier alpha value is -1.50. The molecule has 0 bridgehead atoms. The summed E-state index contributed by atoms with van der Waals surface area (Å²) in [6, 6.07) is 0. The predicted molar refractivity (Wildman–Crippen MR) is 141 cm³/mol. The molecule has 5 aliphatic rings. The number of aliphatic hydroxyl groups excluding tert-OH is 5. The summed E-state index contributed by atoms with van der Waals surface area (Å²) in [6.45, 7) is 0.787. The van der Waals surface area contributed by atoms with E-state index in [2.05, 4.69) is 0 Å². The molecule has 7 N–H and O–H groups in total. The number of carboxylic acids is 1. The molecular weight excluding hydrogens is 576 g/mol. The first-order valence-electron chi connectivity index (χ1n) is 14.9. The van der Waals surface area contributed by atoms with Gasteiger partial charge < -0.3 is 63.8 Å². The maximum Gasteiger partial charge on any atom is 0.332 e. The number of carboxylic acid groups (broad SMARTS) is 1. The predicted octanol–water partition coefficient (Wildman–Crippen LogP) is -2.55. The summed E-state index contributed by atoms with van der Waals surface area (Å²) in [5.41, 5.74) is 0. The van der Waals surface area contributed by atoms with E-state index in [-0.39, 0.29) is 30.8 Å². The summed E-state index contributed by atoms with van der Waals surface area (Å²) in [5, 5.41) is 63.5. The Kier molecular flexibility index (Phi) is 10.3. The van der Waals surface area contributed by atoms with Gasteiger partial charge in [0.15, 0.2) is 24.6 Å². The summed E-state index contributed by atoms with van der Waals surface area (Å²) in [5.74, 6) is -2.81. The summed E-state index contributed by atoms with van der Waals surface area (Å²) in [6.07, 6.45) is -12.6. The fourth-order valence-corrected chi connectivity index (χ4v) is 7.87. The van der Waals surface area contributed by atoms with Gasteiger partial charge in [0.2, 0.25) is 0 Å². The third kappa shape index (κ3) is 6.58. The van der Waals surface area contributed by atoms with Crippen molar-refractivity contribution in [1.29, 1.82) is 0 Å². The Morgan fingerprint density at radius 1 is 0.860 bits per heavy atom. The summed E-state index contributed by atoms with van der Waals surface area (Å²) < 4.78 is 39.6. The van der Waals surface area contributed by atoms with Crippen LogP contribution in [0.1, 0.15) is 39.0 Å². The average Bonchev–Trinajstić information content (AvgIpc) is 2.97. The molecule has 0 radical (unpaired) electrons. The number of hydrogen-bond donors (Lipinski definition) is 6. The van der Waals surface area contributed by atoms with E-state index in [1.54, 1.807) is 0 Å². The molecule has 5 fully saturated rings. The fourth-order valence-electron chi connectivity index (χ4n) is 7.87. The van der Waals surface area contributed by atoms with Crippen LogP contribution in [0.4, 0.5) is 0 Å². The van der Waals surface area contributed by atoms with Crippen LogP contribution in [0.15, 0.2) is 0 Å². The summed E-state index contributed by atoms with van der Waals surface area (Å²) in [4.78, 5) is 23.6. The molecule has 2 aliphatic carbocycles. The van der Waals surface area contributed by atoms with E-state index in [1.165, 1.54) is 21.1 Å². The number of rotatable bonds is 8. The molecule has 5 rings (SSSR count). The third-order valence-electron chi connectivity index (χ3n) is 9.94. The summed E-state index contributed by atoms with van der Waals surface area (Å²) in [7, 11) is 2.98. The van der Waals surface area contributed by atoms with E-state index in [0.29, 0.717) is 19.3 Å². The minimum Gasteiger partial charge on any atom is -0.479 e. The van der Waals surface area contributed by atoms with Gasteiger partial charge in [0.1, 0.15) is 43.2 Å². The van der Waals surface area contributed by atoms with E-state index < -0.39 is 104 Å². The molecule has 15 unspecified atom stereocenters. The monoisotopic (exact) mass is 621 g/mol.